The first-order chi connectivity index (χ1) is 17.1. The van der Waals surface area contributed by atoms with E-state index in [1.807, 2.05) is 18.2 Å². The van der Waals surface area contributed by atoms with Crippen LogP contribution < -0.4 is 10.7 Å². The van der Waals surface area contributed by atoms with Gasteiger partial charge in [-0.05, 0) is 72.9 Å². The molecule has 3 nitrogen and oxygen atoms in total. The minimum Gasteiger partial charge on any atom is -0.355 e. The Balaban J connectivity index is 1.74. The van der Waals surface area contributed by atoms with Gasteiger partial charge in [-0.1, -0.05) is 74.0 Å². The maximum atomic E-state index is 13.6. The smallest absolute Gasteiger partial charge is 0.192 e. The molecule has 5 rings (SSSR count). The summed E-state index contributed by atoms with van der Waals surface area (Å²) in [4.78, 5) is 13.6. The van der Waals surface area contributed by atoms with E-state index in [4.69, 9.17) is 0 Å². The Morgan fingerprint density at radius 3 is 2.00 bits per heavy atom. The van der Waals surface area contributed by atoms with E-state index in [1.54, 1.807) is 6.07 Å². The second-order valence-corrected chi connectivity index (χ2v) is 8.99. The van der Waals surface area contributed by atoms with Crippen molar-refractivity contribution >= 4 is 22.3 Å². The number of nitrogens with one attached hydrogen (secondary N) is 1. The first kappa shape index (κ1) is 22.7. The summed E-state index contributed by atoms with van der Waals surface area (Å²) in [5, 5.41) is 4.17. The summed E-state index contributed by atoms with van der Waals surface area (Å²) in [7, 11) is 0. The van der Waals surface area contributed by atoms with Gasteiger partial charge in [0, 0.05) is 17.4 Å². The van der Waals surface area contributed by atoms with Gasteiger partial charge in [-0.15, -0.1) is 0 Å². The van der Waals surface area contributed by atoms with Crippen molar-refractivity contribution in [3.63, 3.8) is 0 Å². The highest BCUT2D eigenvalue weighted by molar-refractivity contribution is 5.96. The fraction of sp³-hybridized carbons (Fsp3) is 0.156. The number of aryl methyl sites for hydroxylation is 3. The van der Waals surface area contributed by atoms with Crippen LogP contribution in [-0.4, -0.2) is 4.57 Å². The Kier molecular flexibility index (Phi) is 6.24. The van der Waals surface area contributed by atoms with Gasteiger partial charge in [0.05, 0.1) is 22.3 Å². The van der Waals surface area contributed by atoms with Crippen LogP contribution in [0.25, 0.3) is 27.8 Å². The highest BCUT2D eigenvalue weighted by Crippen LogP contribution is 2.31. The van der Waals surface area contributed by atoms with Gasteiger partial charge < -0.3 is 9.88 Å². The van der Waals surface area contributed by atoms with E-state index in [1.165, 1.54) is 16.7 Å². The molecule has 0 amide bonds. The number of nitrogens with zero attached hydrogens (tertiary/aromatic N) is 1. The average molecular weight is 459 g/mol. The molecule has 3 heteroatoms. The molecule has 1 N–H and O–H groups in total. The van der Waals surface area contributed by atoms with Crippen molar-refractivity contribution in [2.24, 2.45) is 0 Å². The Morgan fingerprint density at radius 1 is 0.743 bits per heavy atom. The fourth-order valence-electron chi connectivity index (χ4n) is 4.56. The van der Waals surface area contributed by atoms with Crippen molar-refractivity contribution in [2.45, 2.75) is 33.6 Å². The zero-order chi connectivity index (χ0) is 24.4. The lowest BCUT2D eigenvalue weighted by Crippen LogP contribution is -2.12. The fourth-order valence-corrected chi connectivity index (χ4v) is 4.56. The second-order valence-electron chi connectivity index (χ2n) is 8.99. The van der Waals surface area contributed by atoms with Gasteiger partial charge in [-0.25, -0.2) is 0 Å². The lowest BCUT2D eigenvalue weighted by Gasteiger charge is -2.20. The molecule has 0 fully saturated rings. The van der Waals surface area contributed by atoms with Crippen molar-refractivity contribution < 1.29 is 0 Å². The molecular weight excluding hydrogens is 428 g/mol. The second kappa shape index (κ2) is 9.63. The Morgan fingerprint density at radius 2 is 1.37 bits per heavy atom. The maximum absolute atomic E-state index is 13.6. The predicted molar refractivity (Wildman–Crippen MR) is 148 cm³/mol. The number of anilines is 2. The molecule has 4 aromatic carbocycles. The van der Waals surface area contributed by atoms with E-state index in [9.17, 15) is 4.79 Å². The number of rotatable bonds is 6. The zero-order valence-corrected chi connectivity index (χ0v) is 20.5. The lowest BCUT2D eigenvalue weighted by atomic mass is 10.0. The first-order valence-corrected chi connectivity index (χ1v) is 12.3. The first-order valence-electron chi connectivity index (χ1n) is 12.3. The predicted octanol–water partition coefficient (Wildman–Crippen LogP) is 7.83. The number of hydrogen-bond acceptors (Lipinski definition) is 2. The molecule has 35 heavy (non-hydrogen) atoms. The van der Waals surface area contributed by atoms with Crippen LogP contribution in [0.15, 0.2) is 102 Å². The molecule has 0 saturated carbocycles. The standard InChI is InChI=1S/C32H30N2O/c1-4-23-11-17-26(18-12-23)33-28-7-6-8-29-32(28)31(35)21-30(25-15-9-22(3)10-16-25)34(29)27-19-13-24(5-2)14-20-27/h6-21,33H,4-5H2,1-3H3. The van der Waals surface area contributed by atoms with Crippen LogP contribution in [-0.2, 0) is 12.8 Å². The van der Waals surface area contributed by atoms with E-state index in [2.05, 4.69) is 103 Å². The summed E-state index contributed by atoms with van der Waals surface area (Å²) in [6.45, 7) is 6.38. The summed E-state index contributed by atoms with van der Waals surface area (Å²) in [6.07, 6.45) is 1.98. The van der Waals surface area contributed by atoms with Crippen LogP contribution in [0.2, 0.25) is 0 Å². The van der Waals surface area contributed by atoms with Crippen LogP contribution >= 0.6 is 0 Å². The van der Waals surface area contributed by atoms with Crippen molar-refractivity contribution in [3.8, 4) is 16.9 Å². The SMILES string of the molecule is CCc1ccc(Nc2cccc3c2c(=O)cc(-c2ccc(C)cc2)n3-c2ccc(CC)cc2)cc1. The summed E-state index contributed by atoms with van der Waals surface area (Å²) in [5.41, 5.74) is 9.37. The lowest BCUT2D eigenvalue weighted by molar-refractivity contribution is 1.09. The van der Waals surface area contributed by atoms with Crippen molar-refractivity contribution in [2.75, 3.05) is 5.32 Å². The van der Waals surface area contributed by atoms with Crippen molar-refractivity contribution in [3.05, 3.63) is 124 Å². The molecule has 0 radical (unpaired) electrons. The summed E-state index contributed by atoms with van der Waals surface area (Å²) in [5.74, 6) is 0. The molecule has 0 aliphatic heterocycles. The summed E-state index contributed by atoms with van der Waals surface area (Å²) in [6, 6.07) is 33.1. The zero-order valence-electron chi connectivity index (χ0n) is 20.5. The maximum Gasteiger partial charge on any atom is 0.192 e. The molecule has 0 unspecified atom stereocenters. The molecule has 1 aromatic heterocycles. The van der Waals surface area contributed by atoms with Crippen molar-refractivity contribution in [1.82, 2.24) is 4.57 Å². The Hall–Kier alpha value is -4.11. The molecule has 174 valence electrons. The van der Waals surface area contributed by atoms with Gasteiger partial charge in [-0.2, -0.15) is 0 Å². The topological polar surface area (TPSA) is 34.0 Å². The normalized spacial score (nSPS) is 11.1. The summed E-state index contributed by atoms with van der Waals surface area (Å²) < 4.78 is 2.20. The van der Waals surface area contributed by atoms with Crippen LogP contribution in [0.3, 0.4) is 0 Å². The monoisotopic (exact) mass is 458 g/mol. The number of aromatic nitrogens is 1. The van der Waals surface area contributed by atoms with Crippen LogP contribution in [0.1, 0.15) is 30.5 Å². The van der Waals surface area contributed by atoms with Crippen LogP contribution in [0.4, 0.5) is 11.4 Å². The van der Waals surface area contributed by atoms with Gasteiger partial charge in [0.1, 0.15) is 0 Å². The number of pyridine rings is 1. The van der Waals surface area contributed by atoms with Gasteiger partial charge in [0.2, 0.25) is 0 Å². The summed E-state index contributed by atoms with van der Waals surface area (Å²) >= 11 is 0. The Bertz CT molecular complexity index is 1530. The van der Waals surface area contributed by atoms with Gasteiger partial charge in [0.15, 0.2) is 5.43 Å². The third-order valence-corrected chi connectivity index (χ3v) is 6.63. The van der Waals surface area contributed by atoms with E-state index in [0.717, 1.165) is 46.7 Å². The molecule has 5 aromatic rings. The molecule has 0 atom stereocenters. The average Bonchev–Trinajstić information content (AvgIpc) is 2.89. The highest BCUT2D eigenvalue weighted by Gasteiger charge is 2.15. The van der Waals surface area contributed by atoms with Gasteiger partial charge in [-0.3, -0.25) is 4.79 Å². The van der Waals surface area contributed by atoms with E-state index in [-0.39, 0.29) is 5.43 Å². The largest absolute Gasteiger partial charge is 0.355 e. The minimum absolute atomic E-state index is 0.00489. The molecule has 0 spiro atoms. The van der Waals surface area contributed by atoms with Crippen LogP contribution in [0.5, 0.6) is 0 Å². The highest BCUT2D eigenvalue weighted by atomic mass is 16.1. The number of fused-ring (bicyclic) bond motifs is 1. The van der Waals surface area contributed by atoms with E-state index < -0.39 is 0 Å². The molecule has 0 bridgehead atoms. The molecule has 1 heterocycles. The Labute approximate surface area is 206 Å². The van der Waals surface area contributed by atoms with E-state index >= 15 is 0 Å². The molecule has 0 aliphatic rings. The molecule has 0 saturated heterocycles. The van der Waals surface area contributed by atoms with Crippen molar-refractivity contribution in [1.29, 1.82) is 0 Å². The van der Waals surface area contributed by atoms with Gasteiger partial charge >= 0.3 is 0 Å². The van der Waals surface area contributed by atoms with Gasteiger partial charge in [0.25, 0.3) is 0 Å². The molecular formula is C32H30N2O. The molecule has 0 aliphatic carbocycles. The van der Waals surface area contributed by atoms with E-state index in [0.29, 0.717) is 5.39 Å². The third kappa shape index (κ3) is 4.50. The quantitative estimate of drug-likeness (QED) is 0.281. The third-order valence-electron chi connectivity index (χ3n) is 6.63. The number of benzene rings is 4. The minimum atomic E-state index is 0.00489. The van der Waals surface area contributed by atoms with Crippen LogP contribution in [0, 0.1) is 6.92 Å². The number of hydrogen-bond donors (Lipinski definition) is 1.